The molecule has 5 heteroatoms. The van der Waals surface area contributed by atoms with Crippen molar-refractivity contribution in [2.75, 3.05) is 18.9 Å². The standard InChI is InChI=1S/C15H20NO3P/c1-4-12(13-5-7-14(16)8-6-13)9-20(17)18-10-15(2,3)11-19-20/h4-9H,1,10-11,16H2,2-3H3/b12-9+. The van der Waals surface area contributed by atoms with Gasteiger partial charge in [0.2, 0.25) is 0 Å². The Hall–Kier alpha value is -1.35. The molecular weight excluding hydrogens is 273 g/mol. The molecule has 0 amide bonds. The Balaban J connectivity index is 2.25. The van der Waals surface area contributed by atoms with Crippen molar-refractivity contribution < 1.29 is 13.6 Å². The number of benzene rings is 1. The van der Waals surface area contributed by atoms with E-state index in [0.717, 1.165) is 5.56 Å². The summed E-state index contributed by atoms with van der Waals surface area (Å²) in [6.07, 6.45) is 1.64. The Morgan fingerprint density at radius 3 is 2.35 bits per heavy atom. The highest BCUT2D eigenvalue weighted by Gasteiger charge is 2.35. The van der Waals surface area contributed by atoms with Crippen LogP contribution in [-0.2, 0) is 13.6 Å². The smallest absolute Gasteiger partial charge is 0.354 e. The van der Waals surface area contributed by atoms with E-state index in [-0.39, 0.29) is 5.41 Å². The monoisotopic (exact) mass is 293 g/mol. The van der Waals surface area contributed by atoms with Crippen LogP contribution < -0.4 is 5.73 Å². The van der Waals surface area contributed by atoms with E-state index in [0.29, 0.717) is 24.5 Å². The molecule has 0 aromatic heterocycles. The van der Waals surface area contributed by atoms with Crippen LogP contribution in [0.15, 0.2) is 42.7 Å². The Kier molecular flexibility index (Phi) is 4.19. The lowest BCUT2D eigenvalue weighted by Gasteiger charge is -2.32. The minimum absolute atomic E-state index is 0.114. The first-order valence-corrected chi connectivity index (χ1v) is 8.05. The van der Waals surface area contributed by atoms with Crippen LogP contribution in [0.3, 0.4) is 0 Å². The number of allylic oxidation sites excluding steroid dienone is 2. The molecule has 1 aromatic rings. The first-order valence-electron chi connectivity index (χ1n) is 6.44. The Morgan fingerprint density at radius 2 is 1.85 bits per heavy atom. The predicted molar refractivity (Wildman–Crippen MR) is 82.3 cm³/mol. The quantitative estimate of drug-likeness (QED) is 0.518. The molecule has 0 unspecified atom stereocenters. The van der Waals surface area contributed by atoms with E-state index in [1.54, 1.807) is 18.2 Å². The van der Waals surface area contributed by atoms with E-state index in [2.05, 4.69) is 6.58 Å². The summed E-state index contributed by atoms with van der Waals surface area (Å²) in [5, 5.41) is 0. The van der Waals surface area contributed by atoms with E-state index < -0.39 is 7.60 Å². The van der Waals surface area contributed by atoms with E-state index in [9.17, 15) is 4.57 Å². The second-order valence-electron chi connectivity index (χ2n) is 5.66. The molecule has 1 aliphatic heterocycles. The van der Waals surface area contributed by atoms with Gasteiger partial charge in [-0.05, 0) is 23.3 Å². The van der Waals surface area contributed by atoms with Crippen LogP contribution in [-0.4, -0.2) is 13.2 Å². The van der Waals surface area contributed by atoms with Gasteiger partial charge in [0.25, 0.3) is 0 Å². The summed E-state index contributed by atoms with van der Waals surface area (Å²) in [6.45, 7) is 8.59. The molecule has 1 fully saturated rings. The second kappa shape index (κ2) is 5.57. The zero-order chi connectivity index (χ0) is 14.8. The van der Waals surface area contributed by atoms with Gasteiger partial charge >= 0.3 is 7.60 Å². The number of nitrogen functional groups attached to an aromatic ring is 1. The fourth-order valence-electron chi connectivity index (χ4n) is 1.77. The average Bonchev–Trinajstić information content (AvgIpc) is 2.42. The lowest BCUT2D eigenvalue weighted by Crippen LogP contribution is -2.28. The van der Waals surface area contributed by atoms with Crippen molar-refractivity contribution in [3.05, 3.63) is 48.3 Å². The Morgan fingerprint density at radius 1 is 1.30 bits per heavy atom. The summed E-state index contributed by atoms with van der Waals surface area (Å²) >= 11 is 0. The molecule has 1 heterocycles. The van der Waals surface area contributed by atoms with Crippen molar-refractivity contribution in [2.45, 2.75) is 13.8 Å². The van der Waals surface area contributed by atoms with Gasteiger partial charge in [0.1, 0.15) is 0 Å². The molecule has 1 aromatic carbocycles. The van der Waals surface area contributed by atoms with Crippen LogP contribution >= 0.6 is 7.60 Å². The van der Waals surface area contributed by atoms with Gasteiger partial charge < -0.3 is 14.8 Å². The topological polar surface area (TPSA) is 61.5 Å². The van der Waals surface area contributed by atoms with Crippen molar-refractivity contribution in [3.8, 4) is 0 Å². The molecule has 1 aliphatic rings. The van der Waals surface area contributed by atoms with Gasteiger partial charge in [-0.25, -0.2) is 0 Å². The van der Waals surface area contributed by atoms with Crippen LogP contribution in [0.4, 0.5) is 5.69 Å². The molecule has 4 nitrogen and oxygen atoms in total. The maximum absolute atomic E-state index is 12.5. The lowest BCUT2D eigenvalue weighted by atomic mass is 9.97. The first kappa shape index (κ1) is 15.0. The van der Waals surface area contributed by atoms with Crippen molar-refractivity contribution in [2.24, 2.45) is 5.41 Å². The maximum Gasteiger partial charge on any atom is 0.354 e. The normalized spacial score (nSPS) is 21.4. The zero-order valence-corrected chi connectivity index (χ0v) is 12.7. The second-order valence-corrected chi connectivity index (χ2v) is 7.52. The third-order valence-electron chi connectivity index (χ3n) is 3.03. The van der Waals surface area contributed by atoms with Gasteiger partial charge in [-0.15, -0.1) is 0 Å². The first-order chi connectivity index (χ1) is 9.34. The van der Waals surface area contributed by atoms with Crippen LogP contribution in [0, 0.1) is 5.41 Å². The molecule has 0 spiro atoms. The minimum atomic E-state index is -3.21. The van der Waals surface area contributed by atoms with Crippen LogP contribution in [0.5, 0.6) is 0 Å². The van der Waals surface area contributed by atoms with E-state index in [1.165, 1.54) is 5.82 Å². The van der Waals surface area contributed by atoms with Crippen molar-refractivity contribution in [1.82, 2.24) is 0 Å². The SMILES string of the molecule is C=C/C(=C\P1(=O)OCC(C)(C)CO1)c1ccc(N)cc1. The highest BCUT2D eigenvalue weighted by atomic mass is 31.2. The number of hydrogen-bond donors (Lipinski definition) is 1. The molecule has 1 saturated heterocycles. The summed E-state index contributed by atoms with van der Waals surface area (Å²) in [5.41, 5.74) is 7.81. The van der Waals surface area contributed by atoms with Crippen LogP contribution in [0.1, 0.15) is 19.4 Å². The molecule has 0 aliphatic carbocycles. The summed E-state index contributed by atoms with van der Waals surface area (Å²) in [6, 6.07) is 7.27. The molecule has 0 atom stereocenters. The van der Waals surface area contributed by atoms with Gasteiger partial charge in [0.05, 0.1) is 13.2 Å². The zero-order valence-electron chi connectivity index (χ0n) is 11.8. The largest absolute Gasteiger partial charge is 0.399 e. The summed E-state index contributed by atoms with van der Waals surface area (Å²) in [5.74, 6) is 1.53. The van der Waals surface area contributed by atoms with Gasteiger partial charge in [-0.2, -0.15) is 0 Å². The highest BCUT2D eigenvalue weighted by molar-refractivity contribution is 7.57. The third kappa shape index (κ3) is 3.60. The van der Waals surface area contributed by atoms with Gasteiger partial charge in [0.15, 0.2) is 0 Å². The lowest BCUT2D eigenvalue weighted by molar-refractivity contribution is 0.0458. The molecule has 108 valence electrons. The van der Waals surface area contributed by atoms with E-state index in [1.807, 2.05) is 26.0 Å². The summed E-state index contributed by atoms with van der Waals surface area (Å²) in [7, 11) is -3.21. The molecule has 0 radical (unpaired) electrons. The maximum atomic E-state index is 12.5. The number of hydrogen-bond acceptors (Lipinski definition) is 4. The van der Waals surface area contributed by atoms with E-state index >= 15 is 0 Å². The van der Waals surface area contributed by atoms with E-state index in [4.69, 9.17) is 14.8 Å². The average molecular weight is 293 g/mol. The molecule has 20 heavy (non-hydrogen) atoms. The molecule has 2 N–H and O–H groups in total. The van der Waals surface area contributed by atoms with Crippen molar-refractivity contribution >= 4 is 18.9 Å². The van der Waals surface area contributed by atoms with Crippen molar-refractivity contribution in [1.29, 1.82) is 0 Å². The van der Waals surface area contributed by atoms with Gasteiger partial charge in [-0.1, -0.05) is 38.6 Å². The highest BCUT2D eigenvalue weighted by Crippen LogP contribution is 2.56. The number of anilines is 1. The molecule has 2 rings (SSSR count). The predicted octanol–water partition coefficient (Wildman–Crippen LogP) is 4.06. The number of rotatable bonds is 3. The van der Waals surface area contributed by atoms with Crippen LogP contribution in [0.25, 0.3) is 5.57 Å². The molecular formula is C15H20NO3P. The Labute approximate surface area is 119 Å². The Bertz CT molecular complexity index is 561. The summed E-state index contributed by atoms with van der Waals surface area (Å²) < 4.78 is 23.4. The number of nitrogens with two attached hydrogens (primary N) is 1. The van der Waals surface area contributed by atoms with Crippen molar-refractivity contribution in [3.63, 3.8) is 0 Å². The third-order valence-corrected chi connectivity index (χ3v) is 4.60. The van der Waals surface area contributed by atoms with Gasteiger partial charge in [0, 0.05) is 16.9 Å². The molecule has 0 saturated carbocycles. The van der Waals surface area contributed by atoms with Crippen LogP contribution in [0.2, 0.25) is 0 Å². The fourth-order valence-corrected chi connectivity index (χ4v) is 3.65. The fraction of sp³-hybridized carbons (Fsp3) is 0.333. The molecule has 0 bridgehead atoms. The minimum Gasteiger partial charge on any atom is -0.399 e. The summed E-state index contributed by atoms with van der Waals surface area (Å²) in [4.78, 5) is 0. The van der Waals surface area contributed by atoms with Gasteiger partial charge in [-0.3, -0.25) is 4.57 Å².